The molecule has 1 rings (SSSR count). The molecule has 0 fully saturated rings. The van der Waals surface area contributed by atoms with Gasteiger partial charge in [-0.2, -0.15) is 0 Å². The lowest BCUT2D eigenvalue weighted by Gasteiger charge is -2.15. The second kappa shape index (κ2) is 16.2. The molecule has 0 aromatic carbocycles. The van der Waals surface area contributed by atoms with Crippen LogP contribution < -0.4 is 17.1 Å². The van der Waals surface area contributed by atoms with Crippen LogP contribution in [-0.4, -0.2) is 68.0 Å². The van der Waals surface area contributed by atoms with Gasteiger partial charge in [-0.3, -0.25) is 0 Å². The number of hydrogen-bond acceptors (Lipinski definition) is 15. The molecule has 1 aromatic heterocycles. The maximum Gasteiger partial charge on any atom is 0.364 e. The minimum Gasteiger partial charge on any atom is -0.454 e. The second-order valence-corrected chi connectivity index (χ2v) is 7.85. The van der Waals surface area contributed by atoms with Crippen molar-refractivity contribution in [3.05, 3.63) is 31.5 Å². The van der Waals surface area contributed by atoms with E-state index >= 15 is 0 Å². The summed E-state index contributed by atoms with van der Waals surface area (Å²) >= 11 is 17.5. The van der Waals surface area contributed by atoms with Crippen LogP contribution in [0.1, 0.15) is 0 Å². The van der Waals surface area contributed by atoms with E-state index in [0.29, 0.717) is 0 Å². The van der Waals surface area contributed by atoms with Gasteiger partial charge in [0, 0.05) is 55.4 Å². The highest BCUT2D eigenvalue weighted by Gasteiger charge is 2.16. The van der Waals surface area contributed by atoms with E-state index in [9.17, 15) is 14.4 Å². The van der Waals surface area contributed by atoms with Gasteiger partial charge >= 0.3 is 32.8 Å². The van der Waals surface area contributed by atoms with E-state index in [1.807, 2.05) is 0 Å². The van der Waals surface area contributed by atoms with Crippen molar-refractivity contribution in [3.63, 3.8) is 0 Å². The number of ether oxygens (including phenoxy) is 3. The van der Waals surface area contributed by atoms with Crippen LogP contribution in [0.4, 0.5) is 0 Å². The van der Waals surface area contributed by atoms with Gasteiger partial charge in [-0.15, -0.1) is 0 Å². The van der Waals surface area contributed by atoms with Crippen LogP contribution in [0.5, 0.6) is 0 Å². The molecule has 0 saturated carbocycles. The highest BCUT2D eigenvalue weighted by molar-refractivity contribution is 7.95. The Morgan fingerprint density at radius 1 is 0.606 bits per heavy atom. The Balaban J connectivity index is 3.13. The Morgan fingerprint density at radius 3 is 1.06 bits per heavy atom. The normalized spacial score (nSPS) is 10.3. The van der Waals surface area contributed by atoms with Crippen molar-refractivity contribution < 1.29 is 26.8 Å². The summed E-state index contributed by atoms with van der Waals surface area (Å²) in [6.07, 6.45) is 4.93. The Kier molecular flexibility index (Phi) is 14.5. The molecule has 0 bridgehead atoms. The zero-order valence-corrected chi connectivity index (χ0v) is 22.6. The fourth-order valence-corrected chi connectivity index (χ4v) is 3.61. The summed E-state index contributed by atoms with van der Waals surface area (Å²) in [6.45, 7) is -1.01. The number of thiocarbonyl (C=S) groups is 3. The third-order valence-electron chi connectivity index (χ3n) is 3.44. The Labute approximate surface area is 217 Å². The maximum absolute atomic E-state index is 12.8. The van der Waals surface area contributed by atoms with E-state index < -0.39 is 17.1 Å². The van der Waals surface area contributed by atoms with Gasteiger partial charge in [0.2, 0.25) is 0 Å². The summed E-state index contributed by atoms with van der Waals surface area (Å²) in [7, 11) is 0. The van der Waals surface area contributed by atoms with Crippen LogP contribution >= 0.6 is 72.8 Å². The number of aromatic nitrogens is 3. The predicted octanol–water partition coefficient (Wildman–Crippen LogP) is 0.960. The van der Waals surface area contributed by atoms with Crippen LogP contribution in [-0.2, 0) is 46.4 Å². The monoisotopic (exact) mass is 579 g/mol. The molecule has 186 valence electrons. The molecule has 0 unspecified atom stereocenters. The minimum atomic E-state index is -0.857. The molecule has 0 spiro atoms. The fraction of sp³-hybridized carbons (Fsp3) is 0.600. The van der Waals surface area contributed by atoms with Crippen molar-refractivity contribution in [1.82, 2.24) is 13.7 Å². The molecule has 0 aliphatic carbocycles. The van der Waals surface area contributed by atoms with E-state index in [4.69, 9.17) is 63.4 Å². The first kappa shape index (κ1) is 29.6. The lowest BCUT2D eigenvalue weighted by atomic mass is 10.5. The van der Waals surface area contributed by atoms with Gasteiger partial charge < -0.3 is 26.8 Å². The highest BCUT2D eigenvalue weighted by Crippen LogP contribution is 2.00. The van der Waals surface area contributed by atoms with Gasteiger partial charge in [0.05, 0.1) is 55.8 Å². The van der Waals surface area contributed by atoms with Crippen LogP contribution in [0.3, 0.4) is 0 Å². The molecule has 0 saturated heterocycles. The first-order valence-electron chi connectivity index (χ1n) is 8.83. The lowest BCUT2D eigenvalue weighted by Crippen LogP contribution is -2.55. The molecule has 0 amide bonds. The van der Waals surface area contributed by atoms with Crippen LogP contribution in [0.25, 0.3) is 0 Å². The van der Waals surface area contributed by atoms with Gasteiger partial charge in [-0.25, -0.2) is 28.1 Å². The average Bonchev–Trinajstić information content (AvgIpc) is 2.76. The van der Waals surface area contributed by atoms with Crippen molar-refractivity contribution in [1.29, 1.82) is 0 Å². The van der Waals surface area contributed by atoms with E-state index in [2.05, 4.69) is 0 Å². The van der Waals surface area contributed by atoms with E-state index in [-0.39, 0.29) is 55.2 Å². The van der Waals surface area contributed by atoms with Crippen molar-refractivity contribution in [2.45, 2.75) is 19.6 Å². The summed E-state index contributed by atoms with van der Waals surface area (Å²) in [5.74, 6) is 0. The van der Waals surface area contributed by atoms with Crippen LogP contribution in [0, 0.1) is 0 Å². The molecule has 0 aliphatic heterocycles. The Hall–Kier alpha value is -1.47. The van der Waals surface area contributed by atoms with Gasteiger partial charge in [-0.1, -0.05) is 0 Å². The predicted molar refractivity (Wildman–Crippen MR) is 139 cm³/mol. The van der Waals surface area contributed by atoms with Gasteiger partial charge in [0.15, 0.2) is 0 Å². The first-order chi connectivity index (χ1) is 15.8. The highest BCUT2D eigenvalue weighted by atomic mass is 32.2. The van der Waals surface area contributed by atoms with Crippen molar-refractivity contribution in [3.8, 4) is 0 Å². The van der Waals surface area contributed by atoms with E-state index in [1.165, 1.54) is 0 Å². The third-order valence-corrected chi connectivity index (χ3v) is 5.32. The zero-order valence-electron chi connectivity index (χ0n) is 17.7. The molecule has 1 aromatic rings. The van der Waals surface area contributed by atoms with Crippen molar-refractivity contribution in [2.24, 2.45) is 0 Å². The summed E-state index contributed by atoms with van der Waals surface area (Å²) in [4.78, 5) is 38.5. The smallest absolute Gasteiger partial charge is 0.364 e. The number of hydrogen-bond donors (Lipinski definition) is 0. The zero-order chi connectivity index (χ0) is 24.8. The molecule has 12 nitrogen and oxygen atoms in total. The average molecular weight is 580 g/mol. The summed E-state index contributed by atoms with van der Waals surface area (Å²) < 4.78 is 32.7. The number of rotatable bonds is 12. The third kappa shape index (κ3) is 10.1. The van der Waals surface area contributed by atoms with Gasteiger partial charge in [0.25, 0.3) is 0 Å². The Bertz CT molecular complexity index is 839. The van der Waals surface area contributed by atoms with Gasteiger partial charge in [-0.05, 0) is 0 Å². The molecule has 0 atom stereocenters. The van der Waals surface area contributed by atoms with Crippen LogP contribution in [0.15, 0.2) is 14.4 Å². The molecule has 0 radical (unpaired) electrons. The first-order valence-corrected chi connectivity index (χ1v) is 13.5. The minimum absolute atomic E-state index is 0.142. The SMILES string of the molecule is CSOC(=S)OCCn1c(=O)n(CCOC(=S)OSC)c(=O)n(CCOC(=S)OSC)c1=O. The summed E-state index contributed by atoms with van der Waals surface area (Å²) in [5.41, 5.74) is -2.57. The molecule has 0 N–H and O–H groups in total. The fourth-order valence-electron chi connectivity index (χ4n) is 2.19. The number of nitrogens with zero attached hydrogens (tertiary/aromatic N) is 3. The molecule has 1 heterocycles. The largest absolute Gasteiger partial charge is 0.454 e. The molecular formula is C15H21N3O9S6. The van der Waals surface area contributed by atoms with Gasteiger partial charge in [0.1, 0.15) is 19.8 Å². The second-order valence-electron chi connectivity index (χ2n) is 5.35. The lowest BCUT2D eigenvalue weighted by molar-refractivity contribution is 0.218. The summed E-state index contributed by atoms with van der Waals surface area (Å²) in [6, 6.07) is 0. The molecular weight excluding hydrogens is 559 g/mol. The quantitative estimate of drug-likeness (QED) is 0.258. The van der Waals surface area contributed by atoms with Crippen LogP contribution in [0.2, 0.25) is 0 Å². The molecule has 33 heavy (non-hydrogen) atoms. The topological polar surface area (TPSA) is 121 Å². The van der Waals surface area contributed by atoms with E-state index in [0.717, 1.165) is 49.8 Å². The van der Waals surface area contributed by atoms with E-state index in [1.54, 1.807) is 18.8 Å². The summed E-state index contributed by atoms with van der Waals surface area (Å²) in [5, 5.41) is -0.471. The Morgan fingerprint density at radius 2 is 0.848 bits per heavy atom. The maximum atomic E-state index is 12.8. The van der Waals surface area contributed by atoms with Crippen molar-refractivity contribution >= 4 is 88.5 Å². The standard InChI is InChI=1S/C15H21N3O9S6/c1-31-25-13(28)22-7-4-16-10(19)17(5-8-23-14(29)26-32-2)12(21)18(11(16)20)6-9-24-15(30)27-33-3/h4-9H2,1-3H3. The molecule has 0 aliphatic rings. The van der Waals surface area contributed by atoms with Crippen molar-refractivity contribution in [2.75, 3.05) is 38.6 Å². The molecule has 18 heteroatoms.